The van der Waals surface area contributed by atoms with Gasteiger partial charge in [-0.05, 0) is 49.2 Å². The summed E-state index contributed by atoms with van der Waals surface area (Å²) in [6, 6.07) is 14.7. The summed E-state index contributed by atoms with van der Waals surface area (Å²) in [6.07, 6.45) is 8.15. The van der Waals surface area contributed by atoms with Gasteiger partial charge in [0.1, 0.15) is 17.3 Å². The van der Waals surface area contributed by atoms with Crippen LogP contribution in [0.25, 0.3) is 28.0 Å². The third-order valence-corrected chi connectivity index (χ3v) is 6.58. The van der Waals surface area contributed by atoms with Crippen molar-refractivity contribution in [3.8, 4) is 22.5 Å². The van der Waals surface area contributed by atoms with Crippen LogP contribution in [0, 0.1) is 11.6 Å². The lowest BCUT2D eigenvalue weighted by molar-refractivity contribution is 0.0724. The topological polar surface area (TPSA) is 68.3 Å². The van der Waals surface area contributed by atoms with E-state index in [9.17, 15) is 13.6 Å². The maximum Gasteiger partial charge on any atom is 0.258 e. The summed E-state index contributed by atoms with van der Waals surface area (Å²) >= 11 is 0. The molecule has 4 aromatic heterocycles. The highest BCUT2D eigenvalue weighted by Crippen LogP contribution is 2.32. The number of benzene rings is 1. The molecule has 0 unspecified atom stereocenters. The van der Waals surface area contributed by atoms with Gasteiger partial charge < -0.3 is 4.90 Å². The van der Waals surface area contributed by atoms with E-state index in [4.69, 9.17) is 0 Å². The van der Waals surface area contributed by atoms with Gasteiger partial charge in [-0.2, -0.15) is 10.2 Å². The van der Waals surface area contributed by atoms with Gasteiger partial charge in [0.2, 0.25) is 0 Å². The van der Waals surface area contributed by atoms with Crippen molar-refractivity contribution < 1.29 is 13.6 Å². The van der Waals surface area contributed by atoms with Crippen LogP contribution in [0.4, 0.5) is 8.78 Å². The van der Waals surface area contributed by atoms with E-state index in [0.717, 1.165) is 18.4 Å². The van der Waals surface area contributed by atoms with Crippen molar-refractivity contribution in [3.05, 3.63) is 96.6 Å². The number of halogens is 2. The van der Waals surface area contributed by atoms with Gasteiger partial charge >= 0.3 is 0 Å². The largest absolute Gasteiger partial charge is 0.334 e. The number of aromatic nitrogens is 5. The van der Waals surface area contributed by atoms with Crippen LogP contribution in [-0.4, -0.2) is 47.8 Å². The molecule has 1 amide bonds. The molecule has 5 heterocycles. The molecule has 0 bridgehead atoms. The Morgan fingerprint density at radius 2 is 1.89 bits per heavy atom. The molecule has 1 atom stereocenters. The lowest BCUT2D eigenvalue weighted by Gasteiger charge is -2.25. The molecule has 9 heteroatoms. The highest BCUT2D eigenvalue weighted by atomic mass is 19.1. The van der Waals surface area contributed by atoms with Crippen LogP contribution in [0.2, 0.25) is 0 Å². The standard InChI is InChI=1S/C27H22F2N6O/c28-19-10-11-23(30-15-19)18-14-31-33(16-18)17-20-6-5-12-34(20)27(36)25-24-9-3-4-13-35(24)32-26(25)21-7-1-2-8-22(21)29/h1-4,7-11,13-16,20H,5-6,12,17H2/t20-/m0/s1. The molecular formula is C27H22F2N6O. The van der Waals surface area contributed by atoms with Crippen LogP contribution in [0.1, 0.15) is 23.2 Å². The third kappa shape index (κ3) is 3.92. The fourth-order valence-electron chi connectivity index (χ4n) is 4.85. The highest BCUT2D eigenvalue weighted by Gasteiger charge is 2.34. The maximum absolute atomic E-state index is 14.7. The number of likely N-dealkylation sites (tertiary alicyclic amines) is 1. The van der Waals surface area contributed by atoms with Crippen molar-refractivity contribution in [1.29, 1.82) is 0 Å². The minimum Gasteiger partial charge on any atom is -0.334 e. The zero-order valence-electron chi connectivity index (χ0n) is 19.3. The number of rotatable bonds is 5. The summed E-state index contributed by atoms with van der Waals surface area (Å²) in [6.45, 7) is 1.10. The molecule has 0 saturated carbocycles. The SMILES string of the molecule is O=C(c1c(-c2ccccc2F)nn2ccccc12)N1CCC[C@H]1Cn1cc(-c2ccc(F)cn2)cn1. The summed E-state index contributed by atoms with van der Waals surface area (Å²) < 4.78 is 31.4. The molecule has 0 aliphatic carbocycles. The predicted octanol–water partition coefficient (Wildman–Crippen LogP) is 4.84. The van der Waals surface area contributed by atoms with E-state index in [1.165, 1.54) is 18.3 Å². The Hall–Kier alpha value is -4.40. The number of fused-ring (bicyclic) bond motifs is 1. The van der Waals surface area contributed by atoms with Crippen LogP contribution in [0.15, 0.2) is 79.4 Å². The number of hydrogen-bond donors (Lipinski definition) is 0. The van der Waals surface area contributed by atoms with Crippen molar-refractivity contribution in [1.82, 2.24) is 29.3 Å². The third-order valence-electron chi connectivity index (χ3n) is 6.58. The number of carbonyl (C=O) groups excluding carboxylic acids is 1. The first kappa shape index (κ1) is 22.1. The smallest absolute Gasteiger partial charge is 0.258 e. The predicted molar refractivity (Wildman–Crippen MR) is 130 cm³/mol. The summed E-state index contributed by atoms with van der Waals surface area (Å²) in [5, 5.41) is 9.01. The molecule has 1 aliphatic rings. The second kappa shape index (κ2) is 8.99. The Labute approximate surface area is 205 Å². The van der Waals surface area contributed by atoms with Crippen LogP contribution in [0.3, 0.4) is 0 Å². The van der Waals surface area contributed by atoms with Crippen molar-refractivity contribution in [2.75, 3.05) is 6.54 Å². The Bertz CT molecular complexity index is 1560. The molecule has 1 fully saturated rings. The van der Waals surface area contributed by atoms with Crippen LogP contribution in [-0.2, 0) is 6.54 Å². The number of hydrogen-bond acceptors (Lipinski definition) is 4. The molecular weight excluding hydrogens is 462 g/mol. The van der Waals surface area contributed by atoms with Gasteiger partial charge in [-0.15, -0.1) is 0 Å². The van der Waals surface area contributed by atoms with Crippen molar-refractivity contribution in [2.24, 2.45) is 0 Å². The Morgan fingerprint density at radius 3 is 2.72 bits per heavy atom. The van der Waals surface area contributed by atoms with Crippen LogP contribution in [0.5, 0.6) is 0 Å². The first-order chi connectivity index (χ1) is 17.6. The molecule has 5 aromatic rings. The number of nitrogens with zero attached hydrogens (tertiary/aromatic N) is 6. The highest BCUT2D eigenvalue weighted by molar-refractivity contribution is 6.06. The van der Waals surface area contributed by atoms with Gasteiger partial charge in [-0.1, -0.05) is 18.2 Å². The Kier molecular flexibility index (Phi) is 5.52. The van der Waals surface area contributed by atoms with E-state index < -0.39 is 11.6 Å². The number of amides is 1. The second-order valence-electron chi connectivity index (χ2n) is 8.84. The number of carbonyl (C=O) groups is 1. The van der Waals surface area contributed by atoms with Crippen molar-refractivity contribution >= 4 is 11.4 Å². The van der Waals surface area contributed by atoms with E-state index in [-0.39, 0.29) is 11.9 Å². The maximum atomic E-state index is 14.7. The van der Waals surface area contributed by atoms with Gasteiger partial charge in [-0.3, -0.25) is 14.5 Å². The van der Waals surface area contributed by atoms with Crippen LogP contribution < -0.4 is 0 Å². The second-order valence-corrected chi connectivity index (χ2v) is 8.84. The fraction of sp³-hybridized carbons (Fsp3) is 0.185. The Morgan fingerprint density at radius 1 is 1.03 bits per heavy atom. The van der Waals surface area contributed by atoms with Gasteiger partial charge in [-0.25, -0.2) is 13.3 Å². The molecule has 0 N–H and O–H groups in total. The van der Waals surface area contributed by atoms with E-state index in [2.05, 4.69) is 15.2 Å². The zero-order chi connectivity index (χ0) is 24.6. The van der Waals surface area contributed by atoms with E-state index in [1.54, 1.807) is 45.9 Å². The lowest BCUT2D eigenvalue weighted by atomic mass is 10.0. The molecule has 1 aromatic carbocycles. The molecule has 6 rings (SSSR count). The molecule has 7 nitrogen and oxygen atoms in total. The molecule has 180 valence electrons. The fourth-order valence-corrected chi connectivity index (χ4v) is 4.85. The summed E-state index contributed by atoms with van der Waals surface area (Å²) in [5.41, 5.74) is 3.06. The first-order valence-electron chi connectivity index (χ1n) is 11.8. The molecule has 0 radical (unpaired) electrons. The lowest BCUT2D eigenvalue weighted by Crippen LogP contribution is -2.38. The molecule has 1 saturated heterocycles. The van der Waals surface area contributed by atoms with Gasteiger partial charge in [0, 0.05) is 30.1 Å². The van der Waals surface area contributed by atoms with Crippen LogP contribution >= 0.6 is 0 Å². The van der Waals surface area contributed by atoms with Gasteiger partial charge in [0.15, 0.2) is 0 Å². The Balaban J connectivity index is 1.32. The quantitative estimate of drug-likeness (QED) is 0.358. The normalized spacial score (nSPS) is 15.6. The van der Waals surface area contributed by atoms with Gasteiger partial charge in [0.25, 0.3) is 5.91 Å². The number of pyridine rings is 2. The summed E-state index contributed by atoms with van der Waals surface area (Å²) in [4.78, 5) is 19.9. The summed E-state index contributed by atoms with van der Waals surface area (Å²) in [7, 11) is 0. The van der Waals surface area contributed by atoms with Crippen molar-refractivity contribution in [2.45, 2.75) is 25.4 Å². The summed E-state index contributed by atoms with van der Waals surface area (Å²) in [5.74, 6) is -0.996. The molecule has 0 spiro atoms. The van der Waals surface area contributed by atoms with E-state index in [1.807, 2.05) is 29.3 Å². The van der Waals surface area contributed by atoms with Gasteiger partial charge in [0.05, 0.1) is 41.8 Å². The molecule has 36 heavy (non-hydrogen) atoms. The first-order valence-corrected chi connectivity index (χ1v) is 11.8. The molecule has 1 aliphatic heterocycles. The average molecular weight is 485 g/mol. The average Bonchev–Trinajstić information content (AvgIpc) is 3.63. The van der Waals surface area contributed by atoms with Crippen molar-refractivity contribution in [3.63, 3.8) is 0 Å². The zero-order valence-corrected chi connectivity index (χ0v) is 19.3. The van der Waals surface area contributed by atoms with E-state index in [0.29, 0.717) is 41.1 Å². The minimum absolute atomic E-state index is 0.0847. The minimum atomic E-state index is -0.425. The van der Waals surface area contributed by atoms with E-state index >= 15 is 0 Å². The monoisotopic (exact) mass is 484 g/mol.